The highest BCUT2D eigenvalue weighted by Gasteiger charge is 2.24. The summed E-state index contributed by atoms with van der Waals surface area (Å²) in [5, 5.41) is 20.0. The van der Waals surface area contributed by atoms with Crippen molar-refractivity contribution in [1.29, 1.82) is 0 Å². The molecule has 0 fully saturated rings. The third-order valence-electron chi connectivity index (χ3n) is 4.35. The number of halogens is 2. The molecule has 7 nitrogen and oxygen atoms in total. The lowest BCUT2D eigenvalue weighted by molar-refractivity contribution is -0.384. The summed E-state index contributed by atoms with van der Waals surface area (Å²) in [6.45, 7) is 0. The molecule has 0 radical (unpaired) electrons. The maximum absolute atomic E-state index is 13.4. The smallest absolute Gasteiger partial charge is 0.287 e. The highest BCUT2D eigenvalue weighted by Crippen LogP contribution is 2.27. The molecule has 0 N–H and O–H groups in total. The van der Waals surface area contributed by atoms with Gasteiger partial charge in [-0.25, -0.2) is 4.39 Å². The minimum absolute atomic E-state index is 0.00193. The molecular weight excluding hydrogens is 455 g/mol. The number of nitro groups is 1. The van der Waals surface area contributed by atoms with E-state index in [0.717, 1.165) is 9.27 Å². The Morgan fingerprint density at radius 1 is 0.967 bits per heavy atom. The molecule has 0 bridgehead atoms. The number of benzene rings is 3. The quantitative estimate of drug-likeness (QED) is 0.235. The Bertz CT molecular complexity index is 1250. The second-order valence-electron chi connectivity index (χ2n) is 6.28. The minimum Gasteiger partial charge on any atom is -0.287 e. The Morgan fingerprint density at radius 3 is 2.30 bits per heavy atom. The number of carbonyl (C=O) groups excluding carboxylic acids is 1. The van der Waals surface area contributed by atoms with E-state index in [1.807, 2.05) is 0 Å². The molecule has 148 valence electrons. The van der Waals surface area contributed by atoms with Crippen molar-refractivity contribution in [2.75, 3.05) is 0 Å². The number of nitro benzene ring substituents is 1. The summed E-state index contributed by atoms with van der Waals surface area (Å²) in [4.78, 5) is 25.1. The Labute approximate surface area is 178 Å². The number of ketones is 1. The molecule has 0 aliphatic rings. The summed E-state index contributed by atoms with van der Waals surface area (Å²) in [7, 11) is 0. The Morgan fingerprint density at radius 2 is 1.63 bits per heavy atom. The molecule has 0 aliphatic heterocycles. The first-order valence-electron chi connectivity index (χ1n) is 8.71. The summed E-state index contributed by atoms with van der Waals surface area (Å²) >= 11 is 3.32. The molecule has 0 atom stereocenters. The standard InChI is InChI=1S/C21H12BrFN4O3/c22-15-9-5-14(6-10-15)21(28)20-19(13-7-11-16(23)12-8-13)24-26(25-20)17-3-1-2-4-18(17)27(29)30/h1-12H. The van der Waals surface area contributed by atoms with Gasteiger partial charge in [0.1, 0.15) is 11.5 Å². The molecule has 1 aromatic heterocycles. The van der Waals surface area contributed by atoms with E-state index < -0.39 is 16.5 Å². The molecule has 4 aromatic rings. The van der Waals surface area contributed by atoms with Crippen LogP contribution >= 0.6 is 15.9 Å². The van der Waals surface area contributed by atoms with Crippen molar-refractivity contribution in [3.8, 4) is 16.9 Å². The molecule has 9 heteroatoms. The molecule has 30 heavy (non-hydrogen) atoms. The van der Waals surface area contributed by atoms with Gasteiger partial charge in [-0.3, -0.25) is 14.9 Å². The van der Waals surface area contributed by atoms with Crippen LogP contribution in [0.3, 0.4) is 0 Å². The van der Waals surface area contributed by atoms with Crippen LogP contribution in [0.5, 0.6) is 0 Å². The molecule has 0 saturated heterocycles. The molecule has 1 heterocycles. The van der Waals surface area contributed by atoms with Gasteiger partial charge < -0.3 is 0 Å². The lowest BCUT2D eigenvalue weighted by atomic mass is 10.0. The second-order valence-corrected chi connectivity index (χ2v) is 7.19. The van der Waals surface area contributed by atoms with E-state index in [2.05, 4.69) is 26.1 Å². The van der Waals surface area contributed by atoms with Crippen LogP contribution in [0.2, 0.25) is 0 Å². The fourth-order valence-electron chi connectivity index (χ4n) is 2.90. The largest absolute Gasteiger partial charge is 0.296 e. The van der Waals surface area contributed by atoms with Crippen LogP contribution in [0, 0.1) is 15.9 Å². The van der Waals surface area contributed by atoms with E-state index in [9.17, 15) is 19.3 Å². The van der Waals surface area contributed by atoms with Crippen molar-refractivity contribution in [1.82, 2.24) is 15.0 Å². The third-order valence-corrected chi connectivity index (χ3v) is 4.88. The summed E-state index contributed by atoms with van der Waals surface area (Å²) in [6, 6.07) is 18.1. The van der Waals surface area contributed by atoms with Crippen LogP contribution in [-0.4, -0.2) is 25.7 Å². The number of aromatic nitrogens is 3. The molecule has 0 aliphatic carbocycles. The first kappa shape index (κ1) is 19.6. The highest BCUT2D eigenvalue weighted by atomic mass is 79.9. The van der Waals surface area contributed by atoms with Gasteiger partial charge in [-0.1, -0.05) is 28.1 Å². The minimum atomic E-state index is -0.549. The van der Waals surface area contributed by atoms with Crippen molar-refractivity contribution >= 4 is 27.4 Å². The van der Waals surface area contributed by atoms with Crippen LogP contribution in [-0.2, 0) is 0 Å². The van der Waals surface area contributed by atoms with Crippen molar-refractivity contribution in [2.45, 2.75) is 0 Å². The Balaban J connectivity index is 1.90. The van der Waals surface area contributed by atoms with E-state index in [1.165, 1.54) is 42.5 Å². The first-order chi connectivity index (χ1) is 14.4. The molecular formula is C21H12BrFN4O3. The number of nitrogens with zero attached hydrogens (tertiary/aromatic N) is 4. The zero-order valence-electron chi connectivity index (χ0n) is 15.2. The molecule has 0 amide bonds. The van der Waals surface area contributed by atoms with Crippen LogP contribution in [0.4, 0.5) is 10.1 Å². The number of rotatable bonds is 5. The number of hydrogen-bond acceptors (Lipinski definition) is 5. The van der Waals surface area contributed by atoms with E-state index in [1.54, 1.807) is 30.3 Å². The molecule has 0 saturated carbocycles. The zero-order valence-corrected chi connectivity index (χ0v) is 16.8. The fourth-order valence-corrected chi connectivity index (χ4v) is 3.16. The molecule has 0 unspecified atom stereocenters. The SMILES string of the molecule is O=C(c1ccc(Br)cc1)c1nn(-c2ccccc2[N+](=O)[O-])nc1-c1ccc(F)cc1. The van der Waals surface area contributed by atoms with Gasteiger partial charge in [0.2, 0.25) is 5.78 Å². The summed E-state index contributed by atoms with van der Waals surface area (Å²) in [5.74, 6) is -0.850. The Hall–Kier alpha value is -3.72. The van der Waals surface area contributed by atoms with E-state index >= 15 is 0 Å². The molecule has 4 rings (SSSR count). The third kappa shape index (κ3) is 3.74. The monoisotopic (exact) mass is 466 g/mol. The maximum atomic E-state index is 13.4. The van der Waals surface area contributed by atoms with Crippen molar-refractivity contribution in [3.63, 3.8) is 0 Å². The second kappa shape index (κ2) is 7.96. The van der Waals surface area contributed by atoms with E-state index in [4.69, 9.17) is 0 Å². The van der Waals surface area contributed by atoms with Gasteiger partial charge in [0.05, 0.1) is 4.92 Å². The van der Waals surface area contributed by atoms with E-state index in [0.29, 0.717) is 11.1 Å². The average molecular weight is 467 g/mol. The normalized spacial score (nSPS) is 10.7. The summed E-state index contributed by atoms with van der Waals surface area (Å²) < 4.78 is 14.2. The average Bonchev–Trinajstić information content (AvgIpc) is 3.19. The molecule has 3 aromatic carbocycles. The van der Waals surface area contributed by atoms with Crippen LogP contribution in [0.15, 0.2) is 77.3 Å². The molecule has 0 spiro atoms. The van der Waals surface area contributed by atoms with Crippen molar-refractivity contribution < 1.29 is 14.1 Å². The number of hydrogen-bond donors (Lipinski definition) is 0. The maximum Gasteiger partial charge on any atom is 0.296 e. The van der Waals surface area contributed by atoms with Crippen molar-refractivity contribution in [2.24, 2.45) is 0 Å². The Kier molecular flexibility index (Phi) is 5.20. The topological polar surface area (TPSA) is 90.9 Å². The zero-order chi connectivity index (χ0) is 21.3. The lowest BCUT2D eigenvalue weighted by Crippen LogP contribution is -2.06. The predicted octanol–water partition coefficient (Wildman–Crippen LogP) is 4.98. The van der Waals surface area contributed by atoms with Crippen LogP contribution in [0.25, 0.3) is 16.9 Å². The predicted molar refractivity (Wildman–Crippen MR) is 111 cm³/mol. The van der Waals surface area contributed by atoms with Crippen molar-refractivity contribution in [3.05, 3.63) is 104 Å². The van der Waals surface area contributed by atoms with Gasteiger partial charge in [-0.15, -0.1) is 15.0 Å². The lowest BCUT2D eigenvalue weighted by Gasteiger charge is -2.01. The van der Waals surface area contributed by atoms with E-state index in [-0.39, 0.29) is 22.8 Å². The highest BCUT2D eigenvalue weighted by molar-refractivity contribution is 9.10. The van der Waals surface area contributed by atoms with Gasteiger partial charge >= 0.3 is 0 Å². The van der Waals surface area contributed by atoms with Gasteiger partial charge in [0, 0.05) is 21.7 Å². The number of carbonyl (C=O) groups is 1. The van der Waals surface area contributed by atoms with Gasteiger partial charge in [-0.2, -0.15) is 0 Å². The van der Waals surface area contributed by atoms with Crippen LogP contribution in [0.1, 0.15) is 16.1 Å². The van der Waals surface area contributed by atoms with Crippen LogP contribution < -0.4 is 0 Å². The van der Waals surface area contributed by atoms with Gasteiger partial charge in [-0.05, 0) is 54.6 Å². The fraction of sp³-hybridized carbons (Fsp3) is 0. The first-order valence-corrected chi connectivity index (χ1v) is 9.50. The summed E-state index contributed by atoms with van der Waals surface area (Å²) in [6.07, 6.45) is 0. The van der Waals surface area contributed by atoms with Gasteiger partial charge in [0.25, 0.3) is 5.69 Å². The summed E-state index contributed by atoms with van der Waals surface area (Å²) in [5.41, 5.74) is 0.933. The van der Waals surface area contributed by atoms with Gasteiger partial charge in [0.15, 0.2) is 11.4 Å². The number of para-hydroxylation sites is 2.